The van der Waals surface area contributed by atoms with Gasteiger partial charge in [0.05, 0.1) is 0 Å². The highest BCUT2D eigenvalue weighted by Gasteiger charge is 2.56. The van der Waals surface area contributed by atoms with E-state index in [1.54, 1.807) is 6.92 Å². The van der Waals surface area contributed by atoms with Crippen LogP contribution in [0.25, 0.3) is 0 Å². The predicted molar refractivity (Wildman–Crippen MR) is 67.5 cm³/mol. The van der Waals surface area contributed by atoms with E-state index in [0.717, 1.165) is 12.0 Å². The summed E-state index contributed by atoms with van der Waals surface area (Å²) in [5, 5.41) is 10.6. The molecular formula is C15H18O3. The van der Waals surface area contributed by atoms with Crippen LogP contribution in [0.5, 0.6) is 0 Å². The molecule has 0 aromatic carbocycles. The van der Waals surface area contributed by atoms with Crippen LogP contribution in [-0.4, -0.2) is 16.9 Å². The first kappa shape index (κ1) is 11.7. The van der Waals surface area contributed by atoms with Gasteiger partial charge in [-0.15, -0.1) is 0 Å². The summed E-state index contributed by atoms with van der Waals surface area (Å²) in [5.41, 5.74) is 2.34. The Bertz CT molecular complexity index is 512. The first-order chi connectivity index (χ1) is 8.36. The Balaban J connectivity index is 2.08. The molecule has 18 heavy (non-hydrogen) atoms. The fourth-order valence-corrected chi connectivity index (χ4v) is 3.65. The summed E-state index contributed by atoms with van der Waals surface area (Å²) in [6, 6.07) is 0. The maximum absolute atomic E-state index is 11.7. The first-order valence-corrected chi connectivity index (χ1v) is 6.37. The molecule has 1 aliphatic heterocycles. The van der Waals surface area contributed by atoms with Crippen molar-refractivity contribution in [3.05, 3.63) is 35.5 Å². The predicted octanol–water partition coefficient (Wildman–Crippen LogP) is 2.48. The summed E-state index contributed by atoms with van der Waals surface area (Å²) in [6.07, 6.45) is 6.23. The summed E-state index contributed by atoms with van der Waals surface area (Å²) in [5.74, 6) is -1.49. The number of esters is 1. The van der Waals surface area contributed by atoms with Crippen LogP contribution in [0.2, 0.25) is 0 Å². The number of rotatable bonds is 0. The van der Waals surface area contributed by atoms with Gasteiger partial charge in [0.2, 0.25) is 5.79 Å². The molecule has 0 radical (unpaired) electrons. The van der Waals surface area contributed by atoms with Crippen LogP contribution in [0.4, 0.5) is 0 Å². The molecule has 1 unspecified atom stereocenters. The average molecular weight is 246 g/mol. The number of allylic oxidation sites excluding steroid dienone is 3. The molecule has 1 fully saturated rings. The molecule has 3 heteroatoms. The number of ether oxygens (including phenoxy) is 1. The van der Waals surface area contributed by atoms with Gasteiger partial charge in [-0.25, -0.2) is 4.79 Å². The molecule has 0 aromatic heterocycles. The van der Waals surface area contributed by atoms with Crippen LogP contribution >= 0.6 is 0 Å². The summed E-state index contributed by atoms with van der Waals surface area (Å²) in [7, 11) is 0. The van der Waals surface area contributed by atoms with Crippen molar-refractivity contribution >= 4 is 5.97 Å². The van der Waals surface area contributed by atoms with Crippen molar-refractivity contribution < 1.29 is 14.6 Å². The fourth-order valence-electron chi connectivity index (χ4n) is 3.65. The van der Waals surface area contributed by atoms with Crippen LogP contribution in [0, 0.1) is 11.3 Å². The quantitative estimate of drug-likeness (QED) is 0.527. The summed E-state index contributed by atoms with van der Waals surface area (Å²) in [6.45, 7) is 7.99. The highest BCUT2D eigenvalue weighted by atomic mass is 16.7. The van der Waals surface area contributed by atoms with E-state index < -0.39 is 5.79 Å². The van der Waals surface area contributed by atoms with E-state index >= 15 is 0 Å². The number of carbonyl (C=O) groups excluding carboxylic acids is 1. The third-order valence-corrected chi connectivity index (χ3v) is 4.69. The van der Waals surface area contributed by atoms with E-state index in [9.17, 15) is 9.90 Å². The fraction of sp³-hybridized carbons (Fsp3) is 0.533. The summed E-state index contributed by atoms with van der Waals surface area (Å²) < 4.78 is 5.19. The van der Waals surface area contributed by atoms with Crippen LogP contribution in [0.1, 0.15) is 33.1 Å². The molecule has 0 spiro atoms. The number of aliphatic hydroxyl groups is 1. The van der Waals surface area contributed by atoms with E-state index in [1.807, 2.05) is 0 Å². The lowest BCUT2D eigenvalue weighted by molar-refractivity contribution is -0.197. The van der Waals surface area contributed by atoms with Crippen molar-refractivity contribution in [3.63, 3.8) is 0 Å². The normalized spacial score (nSPS) is 42.7. The van der Waals surface area contributed by atoms with Crippen LogP contribution in [0.15, 0.2) is 35.5 Å². The van der Waals surface area contributed by atoms with Gasteiger partial charge in [-0.2, -0.15) is 0 Å². The largest absolute Gasteiger partial charge is 0.426 e. The second kappa shape index (κ2) is 3.35. The van der Waals surface area contributed by atoms with Gasteiger partial charge in [0.1, 0.15) is 0 Å². The second-order valence-corrected chi connectivity index (χ2v) is 5.98. The molecule has 3 nitrogen and oxygen atoms in total. The van der Waals surface area contributed by atoms with E-state index in [0.29, 0.717) is 24.3 Å². The molecule has 3 atom stereocenters. The van der Waals surface area contributed by atoms with Crippen molar-refractivity contribution in [2.45, 2.75) is 38.9 Å². The third-order valence-electron chi connectivity index (χ3n) is 4.69. The zero-order valence-corrected chi connectivity index (χ0v) is 10.8. The minimum absolute atomic E-state index is 0.168. The van der Waals surface area contributed by atoms with Gasteiger partial charge in [-0.1, -0.05) is 31.2 Å². The number of carbonyl (C=O) groups is 1. The molecule has 1 heterocycles. The molecule has 96 valence electrons. The molecule has 1 saturated carbocycles. The smallest absolute Gasteiger partial charge is 0.336 e. The summed E-state index contributed by atoms with van der Waals surface area (Å²) in [4.78, 5) is 11.7. The van der Waals surface area contributed by atoms with Gasteiger partial charge >= 0.3 is 5.97 Å². The van der Waals surface area contributed by atoms with Crippen LogP contribution in [-0.2, 0) is 9.53 Å². The van der Waals surface area contributed by atoms with E-state index in [4.69, 9.17) is 4.74 Å². The topological polar surface area (TPSA) is 46.5 Å². The Labute approximate surface area is 107 Å². The highest BCUT2D eigenvalue weighted by Crippen LogP contribution is 2.56. The van der Waals surface area contributed by atoms with Crippen LogP contribution in [0.3, 0.4) is 0 Å². The van der Waals surface area contributed by atoms with E-state index in [2.05, 4.69) is 25.7 Å². The Morgan fingerprint density at radius 3 is 3.00 bits per heavy atom. The highest BCUT2D eigenvalue weighted by molar-refractivity contribution is 5.92. The Morgan fingerprint density at radius 1 is 1.56 bits per heavy atom. The minimum Gasteiger partial charge on any atom is -0.426 e. The molecule has 0 aromatic rings. The van der Waals surface area contributed by atoms with Crippen molar-refractivity contribution in [2.75, 3.05) is 0 Å². The molecule has 3 aliphatic rings. The Kier molecular flexibility index (Phi) is 2.18. The Hall–Kier alpha value is -1.35. The number of hydrogen-bond acceptors (Lipinski definition) is 3. The van der Waals surface area contributed by atoms with Crippen molar-refractivity contribution in [3.8, 4) is 0 Å². The standard InChI is InChI=1S/C15H18O3/c1-9-5-4-6-14(3)8-15(17)12(7-11(9)14)10(2)13(16)18-15/h4,6,11,17H,1,5,7-8H2,2-3H3/t11-,14-,15?/m0/s1. The molecular weight excluding hydrogens is 228 g/mol. The van der Waals surface area contributed by atoms with Gasteiger partial charge in [-0.05, 0) is 31.1 Å². The maximum Gasteiger partial charge on any atom is 0.336 e. The Morgan fingerprint density at radius 2 is 2.28 bits per heavy atom. The molecule has 0 saturated heterocycles. The van der Waals surface area contributed by atoms with Gasteiger partial charge in [0.15, 0.2) is 0 Å². The molecule has 3 rings (SSSR count). The molecule has 1 N–H and O–H groups in total. The van der Waals surface area contributed by atoms with Crippen molar-refractivity contribution in [1.29, 1.82) is 0 Å². The third kappa shape index (κ3) is 1.37. The second-order valence-electron chi connectivity index (χ2n) is 5.98. The first-order valence-electron chi connectivity index (χ1n) is 6.37. The average Bonchev–Trinajstić information content (AvgIpc) is 2.46. The molecule has 0 amide bonds. The minimum atomic E-state index is -1.39. The monoisotopic (exact) mass is 246 g/mol. The van der Waals surface area contributed by atoms with Gasteiger partial charge in [0.25, 0.3) is 0 Å². The summed E-state index contributed by atoms with van der Waals surface area (Å²) >= 11 is 0. The van der Waals surface area contributed by atoms with Gasteiger partial charge in [-0.3, -0.25) is 0 Å². The van der Waals surface area contributed by atoms with E-state index in [-0.39, 0.29) is 11.4 Å². The molecule has 0 bridgehead atoms. The lowest BCUT2D eigenvalue weighted by Crippen LogP contribution is -2.47. The van der Waals surface area contributed by atoms with Crippen LogP contribution < -0.4 is 0 Å². The number of hydrogen-bond donors (Lipinski definition) is 1. The van der Waals surface area contributed by atoms with Gasteiger partial charge in [0, 0.05) is 17.6 Å². The van der Waals surface area contributed by atoms with Crippen molar-refractivity contribution in [2.24, 2.45) is 11.3 Å². The van der Waals surface area contributed by atoms with Gasteiger partial charge < -0.3 is 9.84 Å². The SMILES string of the molecule is C=C1CC=C[C@@]2(C)CC3(O)OC(=O)C(C)=C3C[C@@H]12. The lowest BCUT2D eigenvalue weighted by atomic mass is 9.59. The molecule has 2 aliphatic carbocycles. The maximum atomic E-state index is 11.7. The van der Waals surface area contributed by atoms with E-state index in [1.165, 1.54) is 5.57 Å². The van der Waals surface area contributed by atoms with Crippen molar-refractivity contribution in [1.82, 2.24) is 0 Å². The zero-order valence-electron chi connectivity index (χ0n) is 10.8. The number of fused-ring (bicyclic) bond motifs is 2. The zero-order chi connectivity index (χ0) is 13.1. The lowest BCUT2D eigenvalue weighted by Gasteiger charge is -2.48.